The molecule has 8 heteroatoms. The number of ether oxygens (including phenoxy) is 3. The van der Waals surface area contributed by atoms with Crippen molar-refractivity contribution in [1.82, 2.24) is 0 Å². The van der Waals surface area contributed by atoms with Gasteiger partial charge in [-0.05, 0) is 78.0 Å². The SMILES string of the molecule is C[C@@H](Oc1ccc(Oc2ccc(I)cc2)cc1)C(=O)OCS(C)(=O)=O. The van der Waals surface area contributed by atoms with E-state index in [9.17, 15) is 13.2 Å². The number of carbonyl (C=O) groups excluding carboxylic acids is 1. The van der Waals surface area contributed by atoms with Gasteiger partial charge < -0.3 is 14.2 Å². The summed E-state index contributed by atoms with van der Waals surface area (Å²) < 4.78 is 38.9. The van der Waals surface area contributed by atoms with Gasteiger partial charge in [-0.3, -0.25) is 0 Å². The summed E-state index contributed by atoms with van der Waals surface area (Å²) in [6.45, 7) is 1.49. The van der Waals surface area contributed by atoms with E-state index in [1.165, 1.54) is 6.92 Å². The van der Waals surface area contributed by atoms with Gasteiger partial charge in [0.2, 0.25) is 0 Å². The van der Waals surface area contributed by atoms with E-state index < -0.39 is 27.8 Å². The minimum absolute atomic E-state index is 0.443. The van der Waals surface area contributed by atoms with Crippen LogP contribution in [-0.4, -0.2) is 32.7 Å². The largest absolute Gasteiger partial charge is 0.479 e. The van der Waals surface area contributed by atoms with Crippen molar-refractivity contribution in [3.63, 3.8) is 0 Å². The molecule has 0 aliphatic carbocycles. The molecule has 6 nitrogen and oxygen atoms in total. The molecular formula is C17H17IO6S. The van der Waals surface area contributed by atoms with Crippen molar-refractivity contribution in [1.29, 1.82) is 0 Å². The lowest BCUT2D eigenvalue weighted by Gasteiger charge is -2.14. The summed E-state index contributed by atoms with van der Waals surface area (Å²) in [6.07, 6.45) is 0.0581. The number of carbonyl (C=O) groups is 1. The topological polar surface area (TPSA) is 78.9 Å². The van der Waals surface area contributed by atoms with E-state index in [0.29, 0.717) is 17.2 Å². The van der Waals surface area contributed by atoms with Crippen LogP contribution in [0.2, 0.25) is 0 Å². The lowest BCUT2D eigenvalue weighted by Crippen LogP contribution is -2.27. The number of hydrogen-bond donors (Lipinski definition) is 0. The van der Waals surface area contributed by atoms with Crippen molar-refractivity contribution in [2.75, 3.05) is 12.2 Å². The molecule has 0 radical (unpaired) electrons. The molecule has 0 aliphatic rings. The Morgan fingerprint density at radius 2 is 1.48 bits per heavy atom. The van der Waals surface area contributed by atoms with Gasteiger partial charge in [0.25, 0.3) is 0 Å². The van der Waals surface area contributed by atoms with Gasteiger partial charge in [0.1, 0.15) is 17.2 Å². The minimum atomic E-state index is -3.38. The number of rotatable bonds is 7. The molecule has 0 saturated carbocycles. The summed E-state index contributed by atoms with van der Waals surface area (Å²) in [5.41, 5.74) is 0. The molecule has 2 rings (SSSR count). The lowest BCUT2D eigenvalue weighted by atomic mass is 10.3. The molecule has 0 heterocycles. The van der Waals surface area contributed by atoms with Crippen LogP contribution in [0.1, 0.15) is 6.92 Å². The maximum atomic E-state index is 11.7. The summed E-state index contributed by atoms with van der Waals surface area (Å²) >= 11 is 2.21. The summed E-state index contributed by atoms with van der Waals surface area (Å²) in [7, 11) is -3.38. The quantitative estimate of drug-likeness (QED) is 0.451. The van der Waals surface area contributed by atoms with Crippen LogP contribution in [0.4, 0.5) is 0 Å². The van der Waals surface area contributed by atoms with E-state index in [2.05, 4.69) is 27.3 Å². The van der Waals surface area contributed by atoms with E-state index in [4.69, 9.17) is 9.47 Å². The fourth-order valence-corrected chi connectivity index (χ4v) is 2.45. The van der Waals surface area contributed by atoms with Crippen molar-refractivity contribution in [3.8, 4) is 17.2 Å². The molecule has 0 N–H and O–H groups in total. The van der Waals surface area contributed by atoms with Gasteiger partial charge in [-0.15, -0.1) is 0 Å². The first kappa shape index (κ1) is 19.5. The minimum Gasteiger partial charge on any atom is -0.479 e. The molecule has 2 aromatic rings. The molecule has 0 saturated heterocycles. The predicted molar refractivity (Wildman–Crippen MR) is 102 cm³/mol. The number of hydrogen-bond acceptors (Lipinski definition) is 6. The van der Waals surface area contributed by atoms with E-state index in [-0.39, 0.29) is 0 Å². The number of benzene rings is 2. The smallest absolute Gasteiger partial charge is 0.348 e. The molecular weight excluding hydrogens is 459 g/mol. The van der Waals surface area contributed by atoms with Gasteiger partial charge in [-0.1, -0.05) is 0 Å². The van der Waals surface area contributed by atoms with Gasteiger partial charge >= 0.3 is 5.97 Å². The van der Waals surface area contributed by atoms with Crippen molar-refractivity contribution in [2.24, 2.45) is 0 Å². The van der Waals surface area contributed by atoms with Gasteiger partial charge in [0, 0.05) is 9.83 Å². The monoisotopic (exact) mass is 476 g/mol. The molecule has 0 spiro atoms. The van der Waals surface area contributed by atoms with E-state index in [1.54, 1.807) is 24.3 Å². The third kappa shape index (κ3) is 6.91. The van der Waals surface area contributed by atoms with E-state index in [1.807, 2.05) is 24.3 Å². The Morgan fingerprint density at radius 3 is 2.00 bits per heavy atom. The van der Waals surface area contributed by atoms with Crippen molar-refractivity contribution < 1.29 is 27.4 Å². The Bertz CT molecular complexity index is 815. The first-order valence-electron chi connectivity index (χ1n) is 7.27. The van der Waals surface area contributed by atoms with Gasteiger partial charge in [-0.2, -0.15) is 0 Å². The molecule has 0 amide bonds. The van der Waals surface area contributed by atoms with Crippen LogP contribution in [-0.2, 0) is 19.4 Å². The Morgan fingerprint density at radius 1 is 1.00 bits per heavy atom. The third-order valence-corrected chi connectivity index (χ3v) is 4.20. The highest BCUT2D eigenvalue weighted by Gasteiger charge is 2.18. The van der Waals surface area contributed by atoms with Crippen LogP contribution < -0.4 is 9.47 Å². The van der Waals surface area contributed by atoms with Crippen LogP contribution in [0, 0.1) is 3.57 Å². The fourth-order valence-electron chi connectivity index (χ4n) is 1.76. The Kier molecular flexibility index (Phi) is 6.65. The normalized spacial score (nSPS) is 12.3. The van der Waals surface area contributed by atoms with Crippen LogP contribution >= 0.6 is 22.6 Å². The molecule has 0 aliphatic heterocycles. The second-order valence-electron chi connectivity index (χ2n) is 5.29. The maximum Gasteiger partial charge on any atom is 0.348 e. The predicted octanol–water partition coefficient (Wildman–Crippen LogP) is 3.40. The summed E-state index contributed by atoms with van der Waals surface area (Å²) in [5.74, 6) is 0.374. The fraction of sp³-hybridized carbons (Fsp3) is 0.235. The Hall–Kier alpha value is -1.81. The first-order chi connectivity index (χ1) is 11.7. The van der Waals surface area contributed by atoms with Gasteiger partial charge in [-0.25, -0.2) is 13.2 Å². The lowest BCUT2D eigenvalue weighted by molar-refractivity contribution is -0.148. The second-order valence-corrected chi connectivity index (χ2v) is 8.63. The third-order valence-electron chi connectivity index (χ3n) is 2.93. The zero-order valence-corrected chi connectivity index (χ0v) is 16.6. The number of halogens is 1. The summed E-state index contributed by atoms with van der Waals surface area (Å²) in [5, 5.41) is 0. The molecule has 0 aromatic heterocycles. The second kappa shape index (κ2) is 8.52. The molecule has 1 atom stereocenters. The van der Waals surface area contributed by atoms with E-state index >= 15 is 0 Å². The molecule has 25 heavy (non-hydrogen) atoms. The molecule has 134 valence electrons. The van der Waals surface area contributed by atoms with Crippen LogP contribution in [0.3, 0.4) is 0 Å². The average Bonchev–Trinajstić information content (AvgIpc) is 2.56. The summed E-state index contributed by atoms with van der Waals surface area (Å²) in [4.78, 5) is 11.7. The van der Waals surface area contributed by atoms with Crippen LogP contribution in [0.25, 0.3) is 0 Å². The molecule has 0 unspecified atom stereocenters. The first-order valence-corrected chi connectivity index (χ1v) is 10.4. The number of sulfone groups is 1. The average molecular weight is 476 g/mol. The zero-order chi connectivity index (χ0) is 18.4. The van der Waals surface area contributed by atoms with Crippen LogP contribution in [0.15, 0.2) is 48.5 Å². The highest BCUT2D eigenvalue weighted by molar-refractivity contribution is 14.1. The van der Waals surface area contributed by atoms with Gasteiger partial charge in [0.05, 0.1) is 0 Å². The molecule has 0 fully saturated rings. The van der Waals surface area contributed by atoms with Crippen molar-refractivity contribution >= 4 is 38.4 Å². The Labute approximate surface area is 160 Å². The van der Waals surface area contributed by atoms with Crippen molar-refractivity contribution in [3.05, 3.63) is 52.1 Å². The molecule has 2 aromatic carbocycles. The summed E-state index contributed by atoms with van der Waals surface area (Å²) in [6, 6.07) is 14.3. The highest BCUT2D eigenvalue weighted by atomic mass is 127. The highest BCUT2D eigenvalue weighted by Crippen LogP contribution is 2.25. The zero-order valence-electron chi connectivity index (χ0n) is 13.6. The van der Waals surface area contributed by atoms with Gasteiger partial charge in [0.15, 0.2) is 21.9 Å². The standard InChI is InChI=1S/C17H17IO6S/c1-12(17(19)22-11-25(2,20)21)23-14-7-9-16(10-8-14)24-15-5-3-13(18)4-6-15/h3-10,12H,11H2,1-2H3/t12-/m1/s1. The van der Waals surface area contributed by atoms with Crippen LogP contribution in [0.5, 0.6) is 17.2 Å². The number of esters is 1. The van der Waals surface area contributed by atoms with E-state index in [0.717, 1.165) is 9.83 Å². The maximum absolute atomic E-state index is 11.7. The van der Waals surface area contributed by atoms with Crippen molar-refractivity contribution in [2.45, 2.75) is 13.0 Å². The Balaban J connectivity index is 1.91. The molecule has 0 bridgehead atoms.